The number of fused-ring (bicyclic) bond motifs is 3. The molecule has 2 fully saturated rings. The fourth-order valence-electron chi connectivity index (χ4n) is 5.05. The van der Waals surface area contributed by atoms with Crippen molar-refractivity contribution in [2.75, 3.05) is 32.7 Å². The van der Waals surface area contributed by atoms with Gasteiger partial charge in [0.05, 0.1) is 48.7 Å². The van der Waals surface area contributed by atoms with Crippen molar-refractivity contribution in [3.63, 3.8) is 0 Å². The van der Waals surface area contributed by atoms with Gasteiger partial charge < -0.3 is 0 Å². The molecule has 2 aliphatic heterocycles. The number of carbonyl (C=O) groups excluding carboxylic acids is 1. The van der Waals surface area contributed by atoms with Crippen LogP contribution in [0, 0.1) is 17.2 Å². The van der Waals surface area contributed by atoms with Crippen molar-refractivity contribution in [3.05, 3.63) is 18.5 Å². The molecule has 0 unspecified atom stereocenters. The fraction of sp³-hybridized carbons (Fsp3) is 0.500. The van der Waals surface area contributed by atoms with E-state index in [-0.39, 0.29) is 11.8 Å². The van der Waals surface area contributed by atoms with Crippen molar-refractivity contribution < 1.29 is 4.79 Å². The lowest BCUT2D eigenvalue weighted by Crippen LogP contribution is -2.60. The number of piperidine rings is 1. The number of likely N-dealkylation sites (tertiary alicyclic amines) is 2. The number of nitrogens with one attached hydrogen (secondary N) is 2. The van der Waals surface area contributed by atoms with E-state index in [0.29, 0.717) is 23.2 Å². The Morgan fingerprint density at radius 1 is 1.29 bits per heavy atom. The number of H-pyrrole nitrogens is 2. The van der Waals surface area contributed by atoms with Gasteiger partial charge in [0.2, 0.25) is 5.82 Å². The molecule has 0 radical (unpaired) electrons. The summed E-state index contributed by atoms with van der Waals surface area (Å²) in [5.41, 5.74) is 1.62. The number of carbonyl (C=O) groups is 1. The monoisotopic (exact) mass is 378 g/mol. The molecule has 3 aromatic heterocycles. The predicted molar refractivity (Wildman–Crippen MR) is 106 cm³/mol. The Morgan fingerprint density at radius 2 is 2.14 bits per heavy atom. The summed E-state index contributed by atoms with van der Waals surface area (Å²) in [5, 5.41) is 17.6. The maximum absolute atomic E-state index is 13.9. The quantitative estimate of drug-likeness (QED) is 0.538. The molecule has 1 atom stereocenters. The highest BCUT2D eigenvalue weighted by molar-refractivity contribution is 6.11. The zero-order chi connectivity index (χ0) is 19.1. The summed E-state index contributed by atoms with van der Waals surface area (Å²) in [6.07, 6.45) is 7.63. The molecule has 0 aliphatic carbocycles. The molecule has 5 heterocycles. The van der Waals surface area contributed by atoms with Gasteiger partial charge in [-0.3, -0.25) is 15.1 Å². The number of aromatic nitrogens is 4. The summed E-state index contributed by atoms with van der Waals surface area (Å²) in [6, 6.07) is 4.19. The van der Waals surface area contributed by atoms with E-state index < -0.39 is 0 Å². The first-order chi connectivity index (χ1) is 13.7. The minimum Gasteiger partial charge on any atom is -0.294 e. The van der Waals surface area contributed by atoms with Crippen molar-refractivity contribution >= 4 is 33.7 Å². The maximum atomic E-state index is 13.9. The van der Waals surface area contributed by atoms with Crippen LogP contribution in [0.4, 0.5) is 5.82 Å². The number of pyridine rings is 1. The first-order valence-electron chi connectivity index (χ1n) is 10.0. The first-order valence-corrected chi connectivity index (χ1v) is 10.0. The van der Waals surface area contributed by atoms with E-state index in [2.05, 4.69) is 31.1 Å². The Kier molecular flexibility index (Phi) is 4.14. The first kappa shape index (κ1) is 17.3. The van der Waals surface area contributed by atoms with E-state index in [9.17, 15) is 4.79 Å². The molecule has 0 spiro atoms. The van der Waals surface area contributed by atoms with E-state index in [1.165, 1.54) is 0 Å². The highest BCUT2D eigenvalue weighted by Crippen LogP contribution is 2.38. The minimum atomic E-state index is -0.0279. The molecule has 2 saturated heterocycles. The molecule has 3 aromatic rings. The van der Waals surface area contributed by atoms with Gasteiger partial charge in [0.1, 0.15) is 0 Å². The molecule has 2 N–H and O–H groups in total. The van der Waals surface area contributed by atoms with Gasteiger partial charge in [-0.2, -0.15) is 5.26 Å². The SMILES string of the molecule is N#CCN1CC[C@H](C(=O)[N+]2(c3[nH][nH]c4cnc5nccc5c34)CCCCC2)C1. The Hall–Kier alpha value is -2.76. The molecule has 5 rings (SSSR count). The van der Waals surface area contributed by atoms with E-state index >= 15 is 0 Å². The van der Waals surface area contributed by atoms with Crippen LogP contribution in [-0.2, 0) is 4.79 Å². The fourth-order valence-corrected chi connectivity index (χ4v) is 5.05. The third-order valence-electron chi connectivity index (χ3n) is 6.43. The van der Waals surface area contributed by atoms with Crippen LogP contribution in [0.2, 0.25) is 0 Å². The third-order valence-corrected chi connectivity index (χ3v) is 6.43. The van der Waals surface area contributed by atoms with E-state index in [0.717, 1.165) is 67.4 Å². The van der Waals surface area contributed by atoms with E-state index in [1.54, 1.807) is 12.4 Å². The Bertz CT molecular complexity index is 1070. The lowest BCUT2D eigenvalue weighted by Gasteiger charge is -2.38. The molecule has 0 aromatic carbocycles. The van der Waals surface area contributed by atoms with Gasteiger partial charge in [-0.1, -0.05) is 0 Å². The Balaban J connectivity index is 1.61. The van der Waals surface area contributed by atoms with Gasteiger partial charge in [0.15, 0.2) is 5.65 Å². The topological polar surface area (TPSA) is 101 Å². The van der Waals surface area contributed by atoms with Gasteiger partial charge in [-0.05, 0) is 31.7 Å². The van der Waals surface area contributed by atoms with E-state index in [4.69, 9.17) is 5.26 Å². The molecular weight excluding hydrogens is 354 g/mol. The highest BCUT2D eigenvalue weighted by atomic mass is 16.2. The number of rotatable bonds is 3. The van der Waals surface area contributed by atoms with Crippen molar-refractivity contribution in [1.82, 2.24) is 29.5 Å². The zero-order valence-electron chi connectivity index (χ0n) is 15.8. The average Bonchev–Trinajstić information content (AvgIpc) is 3.46. The molecule has 2 aliphatic rings. The summed E-state index contributed by atoms with van der Waals surface area (Å²) in [7, 11) is 0. The molecule has 0 bridgehead atoms. The minimum absolute atomic E-state index is 0.0279. The second-order valence-electron chi connectivity index (χ2n) is 8.02. The Morgan fingerprint density at radius 3 is 2.96 bits per heavy atom. The maximum Gasteiger partial charge on any atom is 0.324 e. The van der Waals surface area contributed by atoms with Gasteiger partial charge >= 0.3 is 5.91 Å². The smallest absolute Gasteiger partial charge is 0.294 e. The number of nitriles is 1. The number of quaternary nitrogens is 1. The zero-order valence-corrected chi connectivity index (χ0v) is 15.8. The molecule has 144 valence electrons. The van der Waals surface area contributed by atoms with Crippen LogP contribution in [-0.4, -0.2) is 63.7 Å². The average molecular weight is 378 g/mol. The molecule has 8 heteroatoms. The predicted octanol–water partition coefficient (Wildman–Crippen LogP) is 2.30. The normalized spacial score (nSPS) is 22.6. The van der Waals surface area contributed by atoms with Gasteiger partial charge in [-0.25, -0.2) is 19.2 Å². The van der Waals surface area contributed by atoms with Crippen LogP contribution < -0.4 is 4.48 Å². The summed E-state index contributed by atoms with van der Waals surface area (Å²) in [4.78, 5) is 24.7. The van der Waals surface area contributed by atoms with Crippen LogP contribution in [0.3, 0.4) is 0 Å². The molecule has 1 amide bonds. The van der Waals surface area contributed by atoms with Gasteiger partial charge in [-0.15, -0.1) is 0 Å². The largest absolute Gasteiger partial charge is 0.324 e. The summed E-state index contributed by atoms with van der Waals surface area (Å²) >= 11 is 0. The van der Waals surface area contributed by atoms with Crippen molar-refractivity contribution in [2.24, 2.45) is 5.92 Å². The number of nitrogens with zero attached hydrogens (tertiary/aromatic N) is 5. The molecule has 8 nitrogen and oxygen atoms in total. The number of aromatic amines is 2. The molecule has 0 saturated carbocycles. The number of hydrogen-bond acceptors (Lipinski definition) is 5. The lowest BCUT2D eigenvalue weighted by atomic mass is 9.99. The van der Waals surface area contributed by atoms with Gasteiger partial charge in [0.25, 0.3) is 0 Å². The third kappa shape index (κ3) is 2.54. The van der Waals surface area contributed by atoms with Crippen molar-refractivity contribution in [2.45, 2.75) is 25.7 Å². The van der Waals surface area contributed by atoms with Crippen LogP contribution in [0.1, 0.15) is 25.7 Å². The summed E-state index contributed by atoms with van der Waals surface area (Å²) in [5.74, 6) is 1.19. The van der Waals surface area contributed by atoms with Crippen LogP contribution in [0.15, 0.2) is 18.5 Å². The highest BCUT2D eigenvalue weighted by Gasteiger charge is 2.48. The van der Waals surface area contributed by atoms with Crippen LogP contribution in [0.5, 0.6) is 0 Å². The number of amides is 1. The second kappa shape index (κ2) is 6.69. The van der Waals surface area contributed by atoms with Crippen molar-refractivity contribution in [1.29, 1.82) is 5.26 Å². The standard InChI is InChI=1S/C20H24N7O/c21-6-9-26-8-5-14(13-26)20(28)27(10-2-1-3-11-27)19-17-15-4-7-22-18(15)23-12-16(17)24-25-19/h4,7,12,14,24-25H,1-3,5,8-11,13H2/q+1/t14-/m0/s1. The van der Waals surface area contributed by atoms with Crippen molar-refractivity contribution in [3.8, 4) is 6.07 Å². The van der Waals surface area contributed by atoms with Gasteiger partial charge in [0, 0.05) is 24.7 Å². The Labute approximate surface area is 162 Å². The molecular formula is C20H24N7O+. The van der Waals surface area contributed by atoms with Crippen LogP contribution >= 0.6 is 0 Å². The number of hydrogen-bond donors (Lipinski definition) is 2. The summed E-state index contributed by atoms with van der Waals surface area (Å²) in [6.45, 7) is 3.53. The van der Waals surface area contributed by atoms with Crippen LogP contribution in [0.25, 0.3) is 21.9 Å². The van der Waals surface area contributed by atoms with E-state index in [1.807, 2.05) is 6.07 Å². The molecule has 28 heavy (non-hydrogen) atoms. The summed E-state index contributed by atoms with van der Waals surface area (Å²) < 4.78 is 0.357. The lowest BCUT2D eigenvalue weighted by molar-refractivity contribution is -0.135. The second-order valence-corrected chi connectivity index (χ2v) is 8.02.